The Hall–Kier alpha value is 0.350. The van der Waals surface area contributed by atoms with E-state index in [4.69, 9.17) is 0 Å². The molecule has 0 N–H and O–H groups in total. The smallest absolute Gasteiger partial charge is 0.00365 e. The first-order valence-electron chi connectivity index (χ1n) is 4.04. The molecule has 2 rings (SSSR count). The Bertz CT molecular complexity index is 90.7. The van der Waals surface area contributed by atoms with E-state index in [-0.39, 0.29) is 0 Å². The van der Waals surface area contributed by atoms with Gasteiger partial charge in [0.15, 0.2) is 0 Å². The summed E-state index contributed by atoms with van der Waals surface area (Å²) in [5.74, 6) is 5.20. The van der Waals surface area contributed by atoms with E-state index in [0.29, 0.717) is 0 Å². The zero-order valence-electron chi connectivity index (χ0n) is 5.81. The molecule has 0 aromatic carbocycles. The molecular formula is C8H14S. The Balaban J connectivity index is 1.80. The molecule has 0 spiro atoms. The molecule has 1 saturated heterocycles. The quantitative estimate of drug-likeness (QED) is 0.542. The van der Waals surface area contributed by atoms with Gasteiger partial charge < -0.3 is 0 Å². The van der Waals surface area contributed by atoms with Gasteiger partial charge in [-0.3, -0.25) is 0 Å². The minimum Gasteiger partial charge on any atom is -0.162 e. The van der Waals surface area contributed by atoms with Gasteiger partial charge in [0.2, 0.25) is 0 Å². The molecule has 1 heteroatoms. The third-order valence-corrected chi connectivity index (χ3v) is 3.73. The van der Waals surface area contributed by atoms with Crippen molar-refractivity contribution in [3.8, 4) is 0 Å². The minimum absolute atomic E-state index is 1.13. The Morgan fingerprint density at radius 2 is 1.89 bits per heavy atom. The maximum Gasteiger partial charge on any atom is -0.00365 e. The van der Waals surface area contributed by atoms with E-state index in [2.05, 4.69) is 11.8 Å². The maximum absolute atomic E-state index is 2.17. The Kier molecular flexibility index (Phi) is 1.71. The van der Waals surface area contributed by atoms with Crippen molar-refractivity contribution in [2.24, 2.45) is 11.8 Å². The standard InChI is InChI=1S/C8H14S/c1-2-8(6-9-5-1)7-3-4-7/h7-8H,1-6H2. The second-order valence-corrected chi connectivity index (χ2v) is 4.46. The van der Waals surface area contributed by atoms with E-state index >= 15 is 0 Å². The van der Waals surface area contributed by atoms with Crippen LogP contribution < -0.4 is 0 Å². The fourth-order valence-corrected chi connectivity index (χ4v) is 2.98. The lowest BCUT2D eigenvalue weighted by atomic mass is 10.0. The molecule has 52 valence electrons. The van der Waals surface area contributed by atoms with Crippen molar-refractivity contribution in [2.45, 2.75) is 25.7 Å². The fraction of sp³-hybridized carbons (Fsp3) is 1.00. The largest absolute Gasteiger partial charge is 0.162 e. The lowest BCUT2D eigenvalue weighted by molar-refractivity contribution is 0.464. The summed E-state index contributed by atoms with van der Waals surface area (Å²) in [5.41, 5.74) is 0. The molecule has 1 saturated carbocycles. The average Bonchev–Trinajstić information content (AvgIpc) is 2.71. The molecule has 1 aliphatic carbocycles. The van der Waals surface area contributed by atoms with Crippen LogP contribution in [0.4, 0.5) is 0 Å². The van der Waals surface area contributed by atoms with Crippen LogP contribution in [0.3, 0.4) is 0 Å². The normalized spacial score (nSPS) is 36.7. The summed E-state index contributed by atoms with van der Waals surface area (Å²) in [6, 6.07) is 0. The van der Waals surface area contributed by atoms with Crippen molar-refractivity contribution in [1.29, 1.82) is 0 Å². The van der Waals surface area contributed by atoms with E-state index in [1.165, 1.54) is 24.3 Å². The van der Waals surface area contributed by atoms with Crippen molar-refractivity contribution < 1.29 is 0 Å². The molecule has 9 heavy (non-hydrogen) atoms. The van der Waals surface area contributed by atoms with Gasteiger partial charge in [-0.1, -0.05) is 0 Å². The van der Waals surface area contributed by atoms with Crippen LogP contribution in [0.15, 0.2) is 0 Å². The summed E-state index contributed by atoms with van der Waals surface area (Å²) in [6.45, 7) is 0. The molecule has 0 aromatic rings. The summed E-state index contributed by atoms with van der Waals surface area (Å²) in [6.07, 6.45) is 6.12. The lowest BCUT2D eigenvalue weighted by Gasteiger charge is -2.20. The molecule has 1 aliphatic heterocycles. The van der Waals surface area contributed by atoms with Crippen LogP contribution >= 0.6 is 11.8 Å². The van der Waals surface area contributed by atoms with Crippen LogP contribution in [0, 0.1) is 11.8 Å². The zero-order chi connectivity index (χ0) is 6.10. The molecule has 1 heterocycles. The van der Waals surface area contributed by atoms with E-state index in [1.807, 2.05) is 0 Å². The Morgan fingerprint density at radius 1 is 1.00 bits per heavy atom. The van der Waals surface area contributed by atoms with Crippen molar-refractivity contribution in [3.63, 3.8) is 0 Å². The molecule has 1 atom stereocenters. The molecule has 0 radical (unpaired) electrons. The fourth-order valence-electron chi connectivity index (χ4n) is 1.71. The second kappa shape index (κ2) is 2.53. The molecular weight excluding hydrogens is 128 g/mol. The summed E-state index contributed by atoms with van der Waals surface area (Å²) in [7, 11) is 0. The average molecular weight is 142 g/mol. The topological polar surface area (TPSA) is 0 Å². The molecule has 1 unspecified atom stereocenters. The summed E-state index contributed by atoms with van der Waals surface area (Å²) in [5, 5.41) is 0. The van der Waals surface area contributed by atoms with Crippen molar-refractivity contribution >= 4 is 11.8 Å². The third kappa shape index (κ3) is 1.43. The first-order chi connectivity index (χ1) is 4.47. The van der Waals surface area contributed by atoms with Crippen LogP contribution in [0.1, 0.15) is 25.7 Å². The van der Waals surface area contributed by atoms with Crippen LogP contribution in [0.2, 0.25) is 0 Å². The second-order valence-electron chi connectivity index (χ2n) is 3.31. The summed E-state index contributed by atoms with van der Waals surface area (Å²) < 4.78 is 0. The molecule has 0 nitrogen and oxygen atoms in total. The highest BCUT2D eigenvalue weighted by Crippen LogP contribution is 2.42. The summed E-state index contributed by atoms with van der Waals surface area (Å²) in [4.78, 5) is 0. The van der Waals surface area contributed by atoms with Crippen LogP contribution in [-0.2, 0) is 0 Å². The number of hydrogen-bond acceptors (Lipinski definition) is 1. The predicted octanol–water partition coefficient (Wildman–Crippen LogP) is 2.54. The van der Waals surface area contributed by atoms with Crippen molar-refractivity contribution in [3.05, 3.63) is 0 Å². The van der Waals surface area contributed by atoms with Gasteiger partial charge in [-0.2, -0.15) is 11.8 Å². The first kappa shape index (κ1) is 6.09. The number of thioether (sulfide) groups is 1. The lowest BCUT2D eigenvalue weighted by Crippen LogP contribution is -2.11. The highest BCUT2D eigenvalue weighted by molar-refractivity contribution is 7.99. The maximum atomic E-state index is 2.17. The zero-order valence-corrected chi connectivity index (χ0v) is 6.62. The van der Waals surface area contributed by atoms with Gasteiger partial charge in [-0.05, 0) is 49.0 Å². The molecule has 2 fully saturated rings. The van der Waals surface area contributed by atoms with Gasteiger partial charge in [-0.15, -0.1) is 0 Å². The minimum atomic E-state index is 1.13. The van der Waals surface area contributed by atoms with Gasteiger partial charge in [0, 0.05) is 0 Å². The van der Waals surface area contributed by atoms with Crippen LogP contribution in [0.5, 0.6) is 0 Å². The predicted molar refractivity (Wildman–Crippen MR) is 42.8 cm³/mol. The highest BCUT2D eigenvalue weighted by Gasteiger charge is 2.31. The molecule has 0 amide bonds. The van der Waals surface area contributed by atoms with Gasteiger partial charge in [-0.25, -0.2) is 0 Å². The van der Waals surface area contributed by atoms with Gasteiger partial charge in [0.05, 0.1) is 0 Å². The summed E-state index contributed by atoms with van der Waals surface area (Å²) >= 11 is 2.17. The van der Waals surface area contributed by atoms with E-state index in [1.54, 1.807) is 12.8 Å². The van der Waals surface area contributed by atoms with Crippen molar-refractivity contribution in [2.75, 3.05) is 11.5 Å². The molecule has 0 bridgehead atoms. The van der Waals surface area contributed by atoms with E-state index in [9.17, 15) is 0 Å². The monoisotopic (exact) mass is 142 g/mol. The number of rotatable bonds is 1. The van der Waals surface area contributed by atoms with E-state index < -0.39 is 0 Å². The first-order valence-corrected chi connectivity index (χ1v) is 5.20. The Labute approximate surface area is 61.4 Å². The Morgan fingerprint density at radius 3 is 2.44 bits per heavy atom. The van der Waals surface area contributed by atoms with Gasteiger partial charge in [0.1, 0.15) is 0 Å². The van der Waals surface area contributed by atoms with E-state index in [0.717, 1.165) is 11.8 Å². The third-order valence-electron chi connectivity index (χ3n) is 2.48. The van der Waals surface area contributed by atoms with Crippen LogP contribution in [-0.4, -0.2) is 11.5 Å². The van der Waals surface area contributed by atoms with Crippen LogP contribution in [0.25, 0.3) is 0 Å². The number of hydrogen-bond donors (Lipinski definition) is 0. The molecule has 2 aliphatic rings. The van der Waals surface area contributed by atoms with Gasteiger partial charge in [0.25, 0.3) is 0 Å². The van der Waals surface area contributed by atoms with Gasteiger partial charge >= 0.3 is 0 Å². The highest BCUT2D eigenvalue weighted by atomic mass is 32.2. The van der Waals surface area contributed by atoms with Crippen molar-refractivity contribution in [1.82, 2.24) is 0 Å². The molecule has 0 aromatic heterocycles. The SMILES string of the molecule is C1CSCC(C2CC2)C1.